The standard InChI is InChI=1S/C20H20N2O2S2/c1-15(21-19(23)16-7-3-2-4-8-16)20(24)22(13-17-9-5-11-25-17)14-18-10-6-12-26-18/h2-12,15H,13-14H2,1H3,(H,21,23). The van der Waals surface area contributed by atoms with Crippen LogP contribution in [0.5, 0.6) is 0 Å². The molecule has 0 bridgehead atoms. The van der Waals surface area contributed by atoms with E-state index in [2.05, 4.69) is 5.32 Å². The smallest absolute Gasteiger partial charge is 0.251 e. The van der Waals surface area contributed by atoms with E-state index in [4.69, 9.17) is 0 Å². The normalized spacial score (nSPS) is 11.7. The Hall–Kier alpha value is -2.44. The van der Waals surface area contributed by atoms with Crippen molar-refractivity contribution in [2.45, 2.75) is 26.1 Å². The van der Waals surface area contributed by atoms with E-state index >= 15 is 0 Å². The minimum atomic E-state index is -0.595. The Labute approximate surface area is 161 Å². The highest BCUT2D eigenvalue weighted by atomic mass is 32.1. The molecule has 2 aromatic heterocycles. The monoisotopic (exact) mass is 384 g/mol. The topological polar surface area (TPSA) is 49.4 Å². The van der Waals surface area contributed by atoms with E-state index in [1.54, 1.807) is 58.8 Å². The summed E-state index contributed by atoms with van der Waals surface area (Å²) in [6.07, 6.45) is 0. The summed E-state index contributed by atoms with van der Waals surface area (Å²) in [5.41, 5.74) is 0.551. The Kier molecular flexibility index (Phi) is 6.20. The number of amides is 2. The van der Waals surface area contributed by atoms with Gasteiger partial charge in [0.05, 0.1) is 13.1 Å². The molecule has 134 valence electrons. The molecular weight excluding hydrogens is 364 g/mol. The third-order valence-electron chi connectivity index (χ3n) is 3.92. The molecule has 0 saturated heterocycles. The van der Waals surface area contributed by atoms with E-state index in [0.29, 0.717) is 18.7 Å². The molecule has 3 aromatic rings. The predicted octanol–water partition coefficient (Wildman–Crippen LogP) is 4.16. The molecule has 26 heavy (non-hydrogen) atoms. The Morgan fingerprint density at radius 2 is 1.50 bits per heavy atom. The van der Waals surface area contributed by atoms with Crippen molar-refractivity contribution in [1.29, 1.82) is 0 Å². The van der Waals surface area contributed by atoms with Gasteiger partial charge in [-0.3, -0.25) is 9.59 Å². The molecule has 2 amide bonds. The maximum atomic E-state index is 13.0. The number of rotatable bonds is 7. The van der Waals surface area contributed by atoms with Gasteiger partial charge in [-0.15, -0.1) is 22.7 Å². The van der Waals surface area contributed by atoms with Gasteiger partial charge < -0.3 is 10.2 Å². The van der Waals surface area contributed by atoms with Gasteiger partial charge in [0.15, 0.2) is 0 Å². The van der Waals surface area contributed by atoms with Crippen LogP contribution < -0.4 is 5.32 Å². The van der Waals surface area contributed by atoms with Gasteiger partial charge in [0.25, 0.3) is 5.91 Å². The van der Waals surface area contributed by atoms with Crippen LogP contribution in [0.1, 0.15) is 27.0 Å². The summed E-state index contributed by atoms with van der Waals surface area (Å²) < 4.78 is 0. The molecule has 6 heteroatoms. The first-order chi connectivity index (χ1) is 12.6. The number of nitrogens with one attached hydrogen (secondary N) is 1. The van der Waals surface area contributed by atoms with Crippen LogP contribution in [0.3, 0.4) is 0 Å². The number of benzene rings is 1. The molecule has 0 fully saturated rings. The van der Waals surface area contributed by atoms with Crippen molar-refractivity contribution < 1.29 is 9.59 Å². The van der Waals surface area contributed by atoms with Gasteiger partial charge in [-0.05, 0) is 41.9 Å². The number of hydrogen-bond acceptors (Lipinski definition) is 4. The maximum absolute atomic E-state index is 13.0. The lowest BCUT2D eigenvalue weighted by Crippen LogP contribution is -2.46. The second-order valence-corrected chi connectivity index (χ2v) is 7.98. The zero-order valence-electron chi connectivity index (χ0n) is 14.4. The van der Waals surface area contributed by atoms with Crippen LogP contribution in [0.2, 0.25) is 0 Å². The molecule has 1 aromatic carbocycles. The molecule has 0 spiro atoms. The van der Waals surface area contributed by atoms with Crippen molar-refractivity contribution in [3.63, 3.8) is 0 Å². The van der Waals surface area contributed by atoms with Crippen molar-refractivity contribution in [2.24, 2.45) is 0 Å². The van der Waals surface area contributed by atoms with Crippen LogP contribution >= 0.6 is 22.7 Å². The van der Waals surface area contributed by atoms with Gasteiger partial charge in [-0.25, -0.2) is 0 Å². The van der Waals surface area contributed by atoms with Crippen LogP contribution in [0.25, 0.3) is 0 Å². The SMILES string of the molecule is CC(NC(=O)c1ccccc1)C(=O)N(Cc1cccs1)Cc1cccs1. The van der Waals surface area contributed by atoms with E-state index in [0.717, 1.165) is 9.75 Å². The first-order valence-corrected chi connectivity index (χ1v) is 10.1. The Bertz CT molecular complexity index is 794. The Balaban J connectivity index is 1.70. The fourth-order valence-corrected chi connectivity index (χ4v) is 4.04. The van der Waals surface area contributed by atoms with Gasteiger partial charge in [-0.1, -0.05) is 30.3 Å². The number of hydrogen-bond donors (Lipinski definition) is 1. The summed E-state index contributed by atoms with van der Waals surface area (Å²) in [5, 5.41) is 6.82. The molecule has 0 aliphatic heterocycles. The number of thiophene rings is 2. The molecule has 0 aliphatic rings. The van der Waals surface area contributed by atoms with Crippen molar-refractivity contribution in [3.05, 3.63) is 80.7 Å². The second-order valence-electron chi connectivity index (χ2n) is 5.91. The quantitative estimate of drug-likeness (QED) is 0.665. The molecule has 1 unspecified atom stereocenters. The van der Waals surface area contributed by atoms with Crippen LogP contribution in [0.15, 0.2) is 65.4 Å². The first kappa shape index (κ1) is 18.4. The lowest BCUT2D eigenvalue weighted by Gasteiger charge is -2.25. The first-order valence-electron chi connectivity index (χ1n) is 8.33. The van der Waals surface area contributed by atoms with Gasteiger partial charge in [0, 0.05) is 15.3 Å². The van der Waals surface area contributed by atoms with Crippen LogP contribution in [0, 0.1) is 0 Å². The minimum Gasteiger partial charge on any atom is -0.341 e. The molecule has 1 N–H and O–H groups in total. The van der Waals surface area contributed by atoms with E-state index in [-0.39, 0.29) is 11.8 Å². The van der Waals surface area contributed by atoms with Crippen LogP contribution in [0.4, 0.5) is 0 Å². The number of carbonyl (C=O) groups excluding carboxylic acids is 2. The number of carbonyl (C=O) groups is 2. The predicted molar refractivity (Wildman–Crippen MR) is 106 cm³/mol. The van der Waals surface area contributed by atoms with Gasteiger partial charge in [-0.2, -0.15) is 0 Å². The van der Waals surface area contributed by atoms with E-state index in [1.165, 1.54) is 0 Å². The van der Waals surface area contributed by atoms with Crippen LogP contribution in [-0.2, 0) is 17.9 Å². The highest BCUT2D eigenvalue weighted by Crippen LogP contribution is 2.18. The van der Waals surface area contributed by atoms with Crippen molar-refractivity contribution in [2.75, 3.05) is 0 Å². The highest BCUT2D eigenvalue weighted by molar-refractivity contribution is 7.10. The van der Waals surface area contributed by atoms with Crippen molar-refractivity contribution >= 4 is 34.5 Å². The fraction of sp³-hybridized carbons (Fsp3) is 0.200. The van der Waals surface area contributed by atoms with Crippen molar-refractivity contribution in [1.82, 2.24) is 10.2 Å². The average Bonchev–Trinajstić information content (AvgIpc) is 3.35. The highest BCUT2D eigenvalue weighted by Gasteiger charge is 2.23. The molecular formula is C20H20N2O2S2. The summed E-state index contributed by atoms with van der Waals surface area (Å²) in [5.74, 6) is -0.324. The molecule has 2 heterocycles. The Morgan fingerprint density at radius 1 is 0.923 bits per heavy atom. The summed E-state index contributed by atoms with van der Waals surface area (Å²) >= 11 is 3.25. The number of nitrogens with zero attached hydrogens (tertiary/aromatic N) is 1. The third kappa shape index (κ3) is 4.80. The van der Waals surface area contributed by atoms with Crippen LogP contribution in [-0.4, -0.2) is 22.8 Å². The lowest BCUT2D eigenvalue weighted by atomic mass is 10.2. The Morgan fingerprint density at radius 3 is 2.00 bits per heavy atom. The minimum absolute atomic E-state index is 0.0870. The van der Waals surface area contributed by atoms with E-state index < -0.39 is 6.04 Å². The van der Waals surface area contributed by atoms with E-state index in [9.17, 15) is 9.59 Å². The summed E-state index contributed by atoms with van der Waals surface area (Å²) in [7, 11) is 0. The second kappa shape index (κ2) is 8.78. The fourth-order valence-electron chi connectivity index (χ4n) is 2.60. The average molecular weight is 385 g/mol. The lowest BCUT2D eigenvalue weighted by molar-refractivity contribution is -0.134. The molecule has 0 radical (unpaired) electrons. The third-order valence-corrected chi connectivity index (χ3v) is 5.64. The van der Waals surface area contributed by atoms with E-state index in [1.807, 2.05) is 41.1 Å². The summed E-state index contributed by atoms with van der Waals surface area (Å²) in [4.78, 5) is 29.4. The van der Waals surface area contributed by atoms with Gasteiger partial charge in [0.1, 0.15) is 6.04 Å². The summed E-state index contributed by atoms with van der Waals surface area (Å²) in [6.45, 7) is 2.82. The largest absolute Gasteiger partial charge is 0.341 e. The maximum Gasteiger partial charge on any atom is 0.251 e. The van der Waals surface area contributed by atoms with Gasteiger partial charge >= 0.3 is 0 Å². The summed E-state index contributed by atoms with van der Waals surface area (Å²) in [6, 6.07) is 16.4. The van der Waals surface area contributed by atoms with Crippen molar-refractivity contribution in [3.8, 4) is 0 Å². The van der Waals surface area contributed by atoms with Gasteiger partial charge in [0.2, 0.25) is 5.91 Å². The molecule has 1 atom stereocenters. The molecule has 0 saturated carbocycles. The zero-order valence-corrected chi connectivity index (χ0v) is 16.1. The zero-order chi connectivity index (χ0) is 18.4. The molecule has 0 aliphatic carbocycles. The molecule has 3 rings (SSSR count). The molecule has 4 nitrogen and oxygen atoms in total.